The van der Waals surface area contributed by atoms with Crippen molar-refractivity contribution in [1.29, 1.82) is 0 Å². The second kappa shape index (κ2) is 5.56. The summed E-state index contributed by atoms with van der Waals surface area (Å²) in [5.74, 6) is 0. The van der Waals surface area contributed by atoms with Gasteiger partial charge in [-0.2, -0.15) is 0 Å². The summed E-state index contributed by atoms with van der Waals surface area (Å²) in [5, 5.41) is 0.953. The van der Waals surface area contributed by atoms with E-state index in [4.69, 9.17) is 5.73 Å². The number of hydrogen-bond acceptors (Lipinski definition) is 3. The maximum Gasteiger partial charge on any atom is 0.248 e. The Morgan fingerprint density at radius 3 is 2.62 bits per heavy atom. The molecule has 0 amide bonds. The third kappa shape index (κ3) is 3.60. The van der Waals surface area contributed by atoms with E-state index in [0.29, 0.717) is 0 Å². The van der Waals surface area contributed by atoms with Crippen LogP contribution in [-0.4, -0.2) is 11.2 Å². The van der Waals surface area contributed by atoms with Crippen LogP contribution in [0.3, 0.4) is 0 Å². The van der Waals surface area contributed by atoms with E-state index in [1.54, 1.807) is 12.3 Å². The number of rotatable bonds is 2. The van der Waals surface area contributed by atoms with E-state index in [2.05, 4.69) is 30.7 Å². The monoisotopic (exact) mass is 283 g/mol. The first-order valence-electron chi connectivity index (χ1n) is 6.91. The Kier molecular flexibility index (Phi) is 3.98. The lowest BCUT2D eigenvalue weighted by atomic mass is 9.90. The molecule has 0 bridgehead atoms. The van der Waals surface area contributed by atoms with Crippen LogP contribution >= 0.6 is 0 Å². The molecule has 110 valence electrons. The molecule has 1 aromatic carbocycles. The SMILES string of the molecule is CC(C=Nc1ccc2[nH]c(=O)ccc2c1)=C(N)C(C)(C)C. The van der Waals surface area contributed by atoms with E-state index < -0.39 is 0 Å². The van der Waals surface area contributed by atoms with Gasteiger partial charge in [-0.15, -0.1) is 0 Å². The molecule has 2 aromatic rings. The normalized spacial score (nSPS) is 13.7. The molecule has 0 aliphatic carbocycles. The lowest BCUT2D eigenvalue weighted by molar-refractivity contribution is 0.494. The minimum absolute atomic E-state index is 0.0705. The molecule has 0 aliphatic heterocycles. The quantitative estimate of drug-likeness (QED) is 0.828. The summed E-state index contributed by atoms with van der Waals surface area (Å²) in [4.78, 5) is 18.5. The highest BCUT2D eigenvalue weighted by atomic mass is 16.1. The molecule has 1 aromatic heterocycles. The van der Waals surface area contributed by atoms with Gasteiger partial charge >= 0.3 is 0 Å². The number of H-pyrrole nitrogens is 1. The minimum Gasteiger partial charge on any atom is -0.401 e. The predicted octanol–water partition coefficient (Wildman–Crippen LogP) is 3.51. The summed E-state index contributed by atoms with van der Waals surface area (Å²) in [6.45, 7) is 8.19. The molecule has 2 rings (SSSR count). The van der Waals surface area contributed by atoms with Crippen molar-refractivity contribution >= 4 is 22.8 Å². The van der Waals surface area contributed by atoms with Crippen molar-refractivity contribution in [2.24, 2.45) is 16.1 Å². The maximum absolute atomic E-state index is 11.2. The maximum atomic E-state index is 11.2. The van der Waals surface area contributed by atoms with Crippen LogP contribution in [0.5, 0.6) is 0 Å². The molecular weight excluding hydrogens is 262 g/mol. The molecule has 4 heteroatoms. The molecule has 0 fully saturated rings. The zero-order valence-corrected chi connectivity index (χ0v) is 12.9. The van der Waals surface area contributed by atoms with Gasteiger partial charge in [0.2, 0.25) is 5.56 Å². The molecule has 21 heavy (non-hydrogen) atoms. The zero-order chi connectivity index (χ0) is 15.6. The first kappa shape index (κ1) is 15.0. The molecule has 0 saturated heterocycles. The molecular formula is C17H21N3O. The van der Waals surface area contributed by atoms with Gasteiger partial charge in [-0.1, -0.05) is 20.8 Å². The Morgan fingerprint density at radius 2 is 1.95 bits per heavy atom. The number of nitrogens with zero attached hydrogens (tertiary/aromatic N) is 1. The number of nitrogens with two attached hydrogens (primary N) is 1. The van der Waals surface area contributed by atoms with Gasteiger partial charge in [-0.3, -0.25) is 9.79 Å². The van der Waals surface area contributed by atoms with E-state index >= 15 is 0 Å². The Bertz CT molecular complexity index is 776. The average Bonchev–Trinajstić information content (AvgIpc) is 2.42. The fourth-order valence-electron chi connectivity index (χ4n) is 2.05. The third-order valence-corrected chi connectivity index (χ3v) is 3.35. The summed E-state index contributed by atoms with van der Waals surface area (Å²) >= 11 is 0. The van der Waals surface area contributed by atoms with E-state index in [0.717, 1.165) is 27.9 Å². The Labute approximate surface area is 124 Å². The second-order valence-corrected chi connectivity index (χ2v) is 6.20. The Hall–Kier alpha value is -2.36. The van der Waals surface area contributed by atoms with Gasteiger partial charge in [0, 0.05) is 34.3 Å². The first-order chi connectivity index (χ1) is 9.77. The van der Waals surface area contributed by atoms with E-state index in [-0.39, 0.29) is 11.0 Å². The fourth-order valence-corrected chi connectivity index (χ4v) is 2.05. The number of benzene rings is 1. The zero-order valence-electron chi connectivity index (χ0n) is 12.9. The van der Waals surface area contributed by atoms with Crippen LogP contribution in [-0.2, 0) is 0 Å². The first-order valence-corrected chi connectivity index (χ1v) is 6.91. The van der Waals surface area contributed by atoms with Gasteiger partial charge in [-0.05, 0) is 36.8 Å². The van der Waals surface area contributed by atoms with Crippen LogP contribution in [0.15, 0.2) is 51.4 Å². The van der Waals surface area contributed by atoms with Gasteiger partial charge in [-0.25, -0.2) is 0 Å². The number of aliphatic imine (C=N–C) groups is 1. The van der Waals surface area contributed by atoms with Crippen molar-refractivity contribution in [2.45, 2.75) is 27.7 Å². The molecule has 0 spiro atoms. The number of fused-ring (bicyclic) bond motifs is 1. The van der Waals surface area contributed by atoms with Crippen LogP contribution in [0, 0.1) is 5.41 Å². The topological polar surface area (TPSA) is 71.2 Å². The van der Waals surface area contributed by atoms with Crippen LogP contribution in [0.1, 0.15) is 27.7 Å². The highest BCUT2D eigenvalue weighted by Gasteiger charge is 2.15. The molecule has 0 saturated carbocycles. The molecule has 1 heterocycles. The van der Waals surface area contributed by atoms with Gasteiger partial charge in [0.15, 0.2) is 0 Å². The van der Waals surface area contributed by atoms with Crippen molar-refractivity contribution in [2.75, 3.05) is 0 Å². The van der Waals surface area contributed by atoms with Gasteiger partial charge in [0.1, 0.15) is 0 Å². The number of nitrogens with one attached hydrogen (secondary N) is 1. The van der Waals surface area contributed by atoms with Gasteiger partial charge in [0.25, 0.3) is 0 Å². The van der Waals surface area contributed by atoms with E-state index in [9.17, 15) is 4.79 Å². The average molecular weight is 283 g/mol. The Balaban J connectivity index is 2.34. The summed E-state index contributed by atoms with van der Waals surface area (Å²) in [6, 6.07) is 8.96. The van der Waals surface area contributed by atoms with Crippen molar-refractivity contribution in [1.82, 2.24) is 4.98 Å². The van der Waals surface area contributed by atoms with Crippen LogP contribution in [0.25, 0.3) is 10.9 Å². The molecule has 4 nitrogen and oxygen atoms in total. The highest BCUT2D eigenvalue weighted by molar-refractivity contribution is 5.85. The summed E-state index contributed by atoms with van der Waals surface area (Å²) in [7, 11) is 0. The summed E-state index contributed by atoms with van der Waals surface area (Å²) < 4.78 is 0. The minimum atomic E-state index is -0.101. The fraction of sp³-hybridized carbons (Fsp3) is 0.294. The number of allylic oxidation sites excluding steroid dienone is 2. The van der Waals surface area contributed by atoms with Crippen molar-refractivity contribution in [3.63, 3.8) is 0 Å². The highest BCUT2D eigenvalue weighted by Crippen LogP contribution is 2.23. The number of aromatic amines is 1. The lowest BCUT2D eigenvalue weighted by Crippen LogP contribution is -2.19. The summed E-state index contributed by atoms with van der Waals surface area (Å²) in [6.07, 6.45) is 1.79. The molecule has 3 N–H and O–H groups in total. The van der Waals surface area contributed by atoms with Crippen molar-refractivity contribution in [3.05, 3.63) is 52.0 Å². The molecule has 0 unspecified atom stereocenters. The van der Waals surface area contributed by atoms with E-state index in [1.807, 2.05) is 25.1 Å². The molecule has 0 radical (unpaired) electrons. The smallest absolute Gasteiger partial charge is 0.248 e. The van der Waals surface area contributed by atoms with Crippen molar-refractivity contribution in [3.8, 4) is 0 Å². The predicted molar refractivity (Wildman–Crippen MR) is 89.1 cm³/mol. The molecule has 0 atom stereocenters. The van der Waals surface area contributed by atoms with Crippen LogP contribution in [0.2, 0.25) is 0 Å². The van der Waals surface area contributed by atoms with Crippen LogP contribution in [0.4, 0.5) is 5.69 Å². The number of pyridine rings is 1. The lowest BCUT2D eigenvalue weighted by Gasteiger charge is -2.20. The van der Waals surface area contributed by atoms with Gasteiger partial charge in [0.05, 0.1) is 5.69 Å². The molecule has 0 aliphatic rings. The van der Waals surface area contributed by atoms with E-state index in [1.165, 1.54) is 6.07 Å². The number of hydrogen-bond donors (Lipinski definition) is 2. The second-order valence-electron chi connectivity index (χ2n) is 6.20. The Morgan fingerprint density at radius 1 is 1.24 bits per heavy atom. The van der Waals surface area contributed by atoms with Gasteiger partial charge < -0.3 is 10.7 Å². The largest absolute Gasteiger partial charge is 0.401 e. The van der Waals surface area contributed by atoms with Crippen molar-refractivity contribution < 1.29 is 0 Å². The third-order valence-electron chi connectivity index (χ3n) is 3.35. The number of aromatic nitrogens is 1. The summed E-state index contributed by atoms with van der Waals surface area (Å²) in [5.41, 5.74) is 9.37. The van der Waals surface area contributed by atoms with Crippen LogP contribution < -0.4 is 11.3 Å². The standard InChI is InChI=1S/C17H21N3O/c1-11(16(18)17(2,3)4)10-19-13-6-7-14-12(9-13)5-8-15(21)20-14/h5-10H,18H2,1-4H3,(H,20,21).